The molecule has 0 fully saturated rings. The number of para-hydroxylation sites is 1. The highest BCUT2D eigenvalue weighted by Gasteiger charge is 2.11. The molecule has 0 saturated heterocycles. The lowest BCUT2D eigenvalue weighted by Gasteiger charge is -2.08. The predicted octanol–water partition coefficient (Wildman–Crippen LogP) is 4.08. The first-order chi connectivity index (χ1) is 13.1. The first-order valence-electron chi connectivity index (χ1n) is 8.26. The Morgan fingerprint density at radius 2 is 1.78 bits per heavy atom. The van der Waals surface area contributed by atoms with Gasteiger partial charge in [0.2, 0.25) is 11.0 Å². The van der Waals surface area contributed by atoms with E-state index in [-0.39, 0.29) is 17.4 Å². The minimum atomic E-state index is -0.192. The van der Waals surface area contributed by atoms with E-state index in [0.29, 0.717) is 27.3 Å². The SMILES string of the molecule is CC(=O)c1ccccc1NC(=O)CSc1nnc(NCc2ccccc2)s1. The van der Waals surface area contributed by atoms with Gasteiger partial charge in [0.1, 0.15) is 0 Å². The second kappa shape index (κ2) is 9.29. The summed E-state index contributed by atoms with van der Waals surface area (Å²) in [5, 5.41) is 14.9. The Hall–Kier alpha value is -2.71. The van der Waals surface area contributed by atoms with Gasteiger partial charge in [-0.05, 0) is 24.6 Å². The molecule has 1 heterocycles. The normalized spacial score (nSPS) is 10.4. The first-order valence-corrected chi connectivity index (χ1v) is 10.1. The van der Waals surface area contributed by atoms with Crippen molar-refractivity contribution in [3.63, 3.8) is 0 Å². The van der Waals surface area contributed by atoms with Gasteiger partial charge in [0.25, 0.3) is 0 Å². The Morgan fingerprint density at radius 3 is 2.56 bits per heavy atom. The Balaban J connectivity index is 1.50. The number of benzene rings is 2. The van der Waals surface area contributed by atoms with Crippen LogP contribution in [0.2, 0.25) is 0 Å². The van der Waals surface area contributed by atoms with Gasteiger partial charge in [-0.3, -0.25) is 9.59 Å². The predicted molar refractivity (Wildman–Crippen MR) is 109 cm³/mol. The van der Waals surface area contributed by atoms with E-state index in [1.807, 2.05) is 30.3 Å². The van der Waals surface area contributed by atoms with Gasteiger partial charge >= 0.3 is 0 Å². The number of aromatic nitrogens is 2. The van der Waals surface area contributed by atoms with Crippen molar-refractivity contribution in [2.75, 3.05) is 16.4 Å². The summed E-state index contributed by atoms with van der Waals surface area (Å²) in [7, 11) is 0. The molecule has 1 aromatic heterocycles. The van der Waals surface area contributed by atoms with Crippen molar-refractivity contribution >= 4 is 45.6 Å². The molecule has 0 radical (unpaired) electrons. The molecule has 0 aliphatic heterocycles. The average molecular weight is 399 g/mol. The third-order valence-corrected chi connectivity index (χ3v) is 5.61. The maximum absolute atomic E-state index is 12.2. The summed E-state index contributed by atoms with van der Waals surface area (Å²) in [6.07, 6.45) is 0. The molecule has 2 N–H and O–H groups in total. The molecular weight excluding hydrogens is 380 g/mol. The average Bonchev–Trinajstić information content (AvgIpc) is 3.14. The molecule has 0 unspecified atom stereocenters. The number of carbonyl (C=O) groups is 2. The lowest BCUT2D eigenvalue weighted by atomic mass is 10.1. The van der Waals surface area contributed by atoms with Crippen molar-refractivity contribution in [2.24, 2.45) is 0 Å². The standard InChI is InChI=1S/C19H18N4O2S2/c1-13(24)15-9-5-6-10-16(15)21-17(25)12-26-19-23-22-18(27-19)20-11-14-7-3-2-4-8-14/h2-10H,11-12H2,1H3,(H,20,22)(H,21,25). The van der Waals surface area contributed by atoms with Crippen LogP contribution in [0, 0.1) is 0 Å². The first kappa shape index (κ1) is 19.1. The van der Waals surface area contributed by atoms with Crippen molar-refractivity contribution in [1.29, 1.82) is 0 Å². The van der Waals surface area contributed by atoms with Crippen LogP contribution >= 0.6 is 23.1 Å². The van der Waals surface area contributed by atoms with Gasteiger partial charge in [-0.25, -0.2) is 0 Å². The van der Waals surface area contributed by atoms with Crippen LogP contribution in [0.1, 0.15) is 22.8 Å². The third kappa shape index (κ3) is 5.63. The summed E-state index contributed by atoms with van der Waals surface area (Å²) in [6, 6.07) is 17.0. The number of anilines is 2. The summed E-state index contributed by atoms with van der Waals surface area (Å²) in [5.41, 5.74) is 2.18. The fourth-order valence-corrected chi connectivity index (χ4v) is 3.87. The van der Waals surface area contributed by atoms with Crippen LogP contribution in [-0.2, 0) is 11.3 Å². The fourth-order valence-electron chi connectivity index (χ4n) is 2.33. The van der Waals surface area contributed by atoms with E-state index in [1.54, 1.807) is 24.3 Å². The lowest BCUT2D eigenvalue weighted by molar-refractivity contribution is -0.113. The van der Waals surface area contributed by atoms with Gasteiger partial charge in [0.05, 0.1) is 11.4 Å². The largest absolute Gasteiger partial charge is 0.356 e. The molecule has 138 valence electrons. The molecule has 3 rings (SSSR count). The molecule has 1 amide bonds. The molecule has 0 aliphatic rings. The highest BCUT2D eigenvalue weighted by Crippen LogP contribution is 2.26. The number of rotatable bonds is 8. The molecule has 0 saturated carbocycles. The monoisotopic (exact) mass is 398 g/mol. The van der Waals surface area contributed by atoms with Crippen LogP contribution in [0.25, 0.3) is 0 Å². The molecule has 6 nitrogen and oxygen atoms in total. The van der Waals surface area contributed by atoms with Gasteiger partial charge < -0.3 is 10.6 Å². The Morgan fingerprint density at radius 1 is 1.04 bits per heavy atom. The Bertz CT molecular complexity index is 928. The zero-order valence-electron chi connectivity index (χ0n) is 14.6. The van der Waals surface area contributed by atoms with E-state index < -0.39 is 0 Å². The van der Waals surface area contributed by atoms with E-state index >= 15 is 0 Å². The minimum absolute atomic E-state index is 0.0863. The van der Waals surface area contributed by atoms with Crippen molar-refractivity contribution < 1.29 is 9.59 Å². The van der Waals surface area contributed by atoms with Gasteiger partial charge in [-0.2, -0.15) is 0 Å². The topological polar surface area (TPSA) is 84.0 Å². The van der Waals surface area contributed by atoms with E-state index in [4.69, 9.17) is 0 Å². The van der Waals surface area contributed by atoms with E-state index in [1.165, 1.54) is 30.0 Å². The van der Waals surface area contributed by atoms with Crippen LogP contribution in [-0.4, -0.2) is 27.6 Å². The van der Waals surface area contributed by atoms with Gasteiger partial charge in [0, 0.05) is 12.1 Å². The summed E-state index contributed by atoms with van der Waals surface area (Å²) < 4.78 is 0.709. The van der Waals surface area contributed by atoms with Crippen molar-refractivity contribution in [3.8, 4) is 0 Å². The number of ketones is 1. The summed E-state index contributed by atoms with van der Waals surface area (Å²) in [4.78, 5) is 23.8. The number of Topliss-reactive ketones (excluding diaryl/α,β-unsaturated/α-hetero) is 1. The number of carbonyl (C=O) groups excluding carboxylic acids is 2. The lowest BCUT2D eigenvalue weighted by Crippen LogP contribution is -2.16. The zero-order chi connectivity index (χ0) is 19.1. The van der Waals surface area contributed by atoms with Crippen LogP contribution in [0.15, 0.2) is 58.9 Å². The summed E-state index contributed by atoms with van der Waals surface area (Å²) in [5.74, 6) is -0.0842. The molecule has 0 bridgehead atoms. The van der Waals surface area contributed by atoms with Crippen molar-refractivity contribution in [3.05, 3.63) is 65.7 Å². The maximum atomic E-state index is 12.2. The second-order valence-corrected chi connectivity index (χ2v) is 7.85. The smallest absolute Gasteiger partial charge is 0.234 e. The summed E-state index contributed by atoms with van der Waals surface area (Å²) >= 11 is 2.72. The summed E-state index contributed by atoms with van der Waals surface area (Å²) in [6.45, 7) is 2.15. The zero-order valence-corrected chi connectivity index (χ0v) is 16.3. The van der Waals surface area contributed by atoms with Crippen LogP contribution < -0.4 is 10.6 Å². The Labute approximate surface area is 165 Å². The Kier molecular flexibility index (Phi) is 6.56. The fraction of sp³-hybridized carbons (Fsp3) is 0.158. The van der Waals surface area contributed by atoms with Crippen molar-refractivity contribution in [2.45, 2.75) is 17.8 Å². The third-order valence-electron chi connectivity index (χ3n) is 3.60. The molecule has 27 heavy (non-hydrogen) atoms. The van der Waals surface area contributed by atoms with Gasteiger partial charge in [0.15, 0.2) is 10.1 Å². The number of hydrogen-bond acceptors (Lipinski definition) is 7. The molecular formula is C19H18N4O2S2. The van der Waals surface area contributed by atoms with Gasteiger partial charge in [-0.15, -0.1) is 10.2 Å². The highest BCUT2D eigenvalue weighted by atomic mass is 32.2. The maximum Gasteiger partial charge on any atom is 0.234 e. The van der Waals surface area contributed by atoms with Crippen LogP contribution in [0.3, 0.4) is 0 Å². The number of thioether (sulfide) groups is 1. The molecule has 0 spiro atoms. The molecule has 0 aliphatic carbocycles. The number of hydrogen-bond donors (Lipinski definition) is 2. The van der Waals surface area contributed by atoms with E-state index in [0.717, 1.165) is 5.56 Å². The van der Waals surface area contributed by atoms with Crippen LogP contribution in [0.4, 0.5) is 10.8 Å². The number of nitrogens with zero attached hydrogens (tertiary/aromatic N) is 2. The minimum Gasteiger partial charge on any atom is -0.356 e. The molecule has 0 atom stereocenters. The second-order valence-electron chi connectivity index (χ2n) is 5.65. The van der Waals surface area contributed by atoms with E-state index in [9.17, 15) is 9.59 Å². The van der Waals surface area contributed by atoms with E-state index in [2.05, 4.69) is 20.8 Å². The number of amides is 1. The van der Waals surface area contributed by atoms with Crippen LogP contribution in [0.5, 0.6) is 0 Å². The molecule has 2 aromatic carbocycles. The quantitative estimate of drug-likeness (QED) is 0.439. The van der Waals surface area contributed by atoms with Gasteiger partial charge in [-0.1, -0.05) is 65.6 Å². The highest BCUT2D eigenvalue weighted by molar-refractivity contribution is 8.01. The number of nitrogens with one attached hydrogen (secondary N) is 2. The molecule has 3 aromatic rings. The van der Waals surface area contributed by atoms with Crippen molar-refractivity contribution in [1.82, 2.24) is 10.2 Å². The molecule has 8 heteroatoms.